The van der Waals surface area contributed by atoms with Gasteiger partial charge in [-0.05, 0) is 39.0 Å². The first-order valence-corrected chi connectivity index (χ1v) is 6.97. The summed E-state index contributed by atoms with van der Waals surface area (Å²) in [5, 5.41) is 4.56. The maximum Gasteiger partial charge on any atom is 0.0714 e. The van der Waals surface area contributed by atoms with Gasteiger partial charge in [-0.3, -0.25) is 4.68 Å². The van der Waals surface area contributed by atoms with Crippen molar-refractivity contribution in [2.24, 2.45) is 0 Å². The summed E-state index contributed by atoms with van der Waals surface area (Å²) < 4.78 is 2.15. The molecule has 2 aromatic rings. The smallest absolute Gasteiger partial charge is 0.0714 e. The molecule has 2 rings (SSSR count). The fourth-order valence-electron chi connectivity index (χ4n) is 2.32. The van der Waals surface area contributed by atoms with Gasteiger partial charge in [0.2, 0.25) is 0 Å². The first-order chi connectivity index (χ1) is 9.22. The summed E-state index contributed by atoms with van der Waals surface area (Å²) >= 11 is 0. The Kier molecular flexibility index (Phi) is 4.74. The lowest BCUT2D eigenvalue weighted by Gasteiger charge is -2.12. The van der Waals surface area contributed by atoms with E-state index in [1.54, 1.807) is 0 Å². The van der Waals surface area contributed by atoms with E-state index in [2.05, 4.69) is 66.0 Å². The number of aromatic nitrogens is 2. The van der Waals surface area contributed by atoms with Crippen LogP contribution in [0, 0.1) is 0 Å². The van der Waals surface area contributed by atoms with Crippen LogP contribution in [-0.4, -0.2) is 35.3 Å². The van der Waals surface area contributed by atoms with Gasteiger partial charge < -0.3 is 4.90 Å². The summed E-state index contributed by atoms with van der Waals surface area (Å²) in [5.74, 6) is 0. The van der Waals surface area contributed by atoms with E-state index in [9.17, 15) is 0 Å². The maximum absolute atomic E-state index is 4.56. The number of rotatable bonds is 6. The highest BCUT2D eigenvalue weighted by Gasteiger charge is 2.11. The highest BCUT2D eigenvalue weighted by atomic mass is 15.3. The molecule has 0 unspecified atom stereocenters. The van der Waals surface area contributed by atoms with Gasteiger partial charge in [0.1, 0.15) is 0 Å². The van der Waals surface area contributed by atoms with Gasteiger partial charge in [-0.1, -0.05) is 37.3 Å². The lowest BCUT2D eigenvalue weighted by Crippen LogP contribution is -2.15. The molecular weight excluding hydrogens is 234 g/mol. The molecule has 0 amide bonds. The van der Waals surface area contributed by atoms with E-state index in [0.29, 0.717) is 0 Å². The molecule has 0 saturated heterocycles. The fraction of sp³-hybridized carbons (Fsp3) is 0.438. The van der Waals surface area contributed by atoms with Crippen LogP contribution in [0.5, 0.6) is 0 Å². The molecule has 0 fully saturated rings. The second-order valence-electron chi connectivity index (χ2n) is 5.12. The van der Waals surface area contributed by atoms with Crippen LogP contribution >= 0.6 is 0 Å². The Balaban J connectivity index is 2.22. The number of nitrogens with zero attached hydrogens (tertiary/aromatic N) is 3. The molecule has 3 nitrogen and oxygen atoms in total. The van der Waals surface area contributed by atoms with Crippen LogP contribution in [0.2, 0.25) is 0 Å². The Hall–Kier alpha value is -1.61. The number of hydrogen-bond donors (Lipinski definition) is 0. The van der Waals surface area contributed by atoms with E-state index in [0.717, 1.165) is 25.9 Å². The van der Waals surface area contributed by atoms with Crippen LogP contribution in [0.15, 0.2) is 36.5 Å². The molecule has 102 valence electrons. The summed E-state index contributed by atoms with van der Waals surface area (Å²) in [7, 11) is 4.22. The van der Waals surface area contributed by atoms with Crippen LogP contribution in [0.4, 0.5) is 0 Å². The van der Waals surface area contributed by atoms with Crippen LogP contribution in [-0.2, 0) is 13.0 Å². The molecule has 0 spiro atoms. The van der Waals surface area contributed by atoms with Gasteiger partial charge in [-0.25, -0.2) is 0 Å². The molecule has 1 aromatic heterocycles. The van der Waals surface area contributed by atoms with E-state index >= 15 is 0 Å². The first kappa shape index (κ1) is 13.8. The second kappa shape index (κ2) is 6.53. The predicted octanol–water partition coefficient (Wildman–Crippen LogP) is 3.06. The van der Waals surface area contributed by atoms with Crippen molar-refractivity contribution < 1.29 is 0 Å². The van der Waals surface area contributed by atoms with Crippen LogP contribution < -0.4 is 0 Å². The van der Waals surface area contributed by atoms with Crippen molar-refractivity contribution in [2.75, 3.05) is 20.6 Å². The van der Waals surface area contributed by atoms with E-state index in [4.69, 9.17) is 0 Å². The van der Waals surface area contributed by atoms with Gasteiger partial charge in [-0.2, -0.15) is 5.10 Å². The number of benzene rings is 1. The monoisotopic (exact) mass is 257 g/mol. The van der Waals surface area contributed by atoms with E-state index in [1.165, 1.54) is 16.8 Å². The summed E-state index contributed by atoms with van der Waals surface area (Å²) in [6.07, 6.45) is 4.16. The molecule has 1 aromatic carbocycles. The Bertz CT molecular complexity index is 500. The van der Waals surface area contributed by atoms with Gasteiger partial charge in [0.15, 0.2) is 0 Å². The van der Waals surface area contributed by atoms with Gasteiger partial charge in [0, 0.05) is 12.1 Å². The zero-order valence-electron chi connectivity index (χ0n) is 12.1. The fourth-order valence-corrected chi connectivity index (χ4v) is 2.32. The molecule has 3 heteroatoms. The third kappa shape index (κ3) is 3.44. The molecule has 0 aliphatic rings. The Morgan fingerprint density at radius 1 is 1.16 bits per heavy atom. The van der Waals surface area contributed by atoms with Gasteiger partial charge >= 0.3 is 0 Å². The van der Waals surface area contributed by atoms with E-state index in [-0.39, 0.29) is 0 Å². The molecule has 0 N–H and O–H groups in total. The SMILES string of the molecule is CCc1cnn(CCCN(C)C)c1-c1ccccc1. The number of hydrogen-bond acceptors (Lipinski definition) is 2. The average molecular weight is 257 g/mol. The zero-order chi connectivity index (χ0) is 13.7. The van der Waals surface area contributed by atoms with Gasteiger partial charge in [0.25, 0.3) is 0 Å². The lowest BCUT2D eigenvalue weighted by molar-refractivity contribution is 0.381. The van der Waals surface area contributed by atoms with Crippen LogP contribution in [0.1, 0.15) is 18.9 Å². The van der Waals surface area contributed by atoms with Crippen LogP contribution in [0.3, 0.4) is 0 Å². The lowest BCUT2D eigenvalue weighted by atomic mass is 10.1. The van der Waals surface area contributed by atoms with E-state index < -0.39 is 0 Å². The molecule has 0 aliphatic carbocycles. The van der Waals surface area contributed by atoms with Crippen molar-refractivity contribution in [3.63, 3.8) is 0 Å². The maximum atomic E-state index is 4.56. The molecule has 0 aliphatic heterocycles. The molecular formula is C16H23N3. The highest BCUT2D eigenvalue weighted by Crippen LogP contribution is 2.24. The minimum atomic E-state index is 0.975. The molecule has 0 saturated carbocycles. The first-order valence-electron chi connectivity index (χ1n) is 6.97. The van der Waals surface area contributed by atoms with Crippen molar-refractivity contribution in [3.8, 4) is 11.3 Å². The van der Waals surface area contributed by atoms with E-state index in [1.807, 2.05) is 6.20 Å². The molecule has 19 heavy (non-hydrogen) atoms. The molecule has 0 atom stereocenters. The van der Waals surface area contributed by atoms with Gasteiger partial charge in [-0.15, -0.1) is 0 Å². The standard InChI is InChI=1S/C16H23N3/c1-4-14-13-17-19(12-8-11-18(2)3)16(14)15-9-6-5-7-10-15/h5-7,9-10,13H,4,8,11-12H2,1-3H3. The van der Waals surface area contributed by atoms with Crippen molar-refractivity contribution in [1.29, 1.82) is 0 Å². The number of aryl methyl sites for hydroxylation is 2. The molecule has 0 bridgehead atoms. The Labute approximate surface area is 115 Å². The molecule has 1 heterocycles. The third-order valence-electron chi connectivity index (χ3n) is 3.32. The minimum Gasteiger partial charge on any atom is -0.309 e. The van der Waals surface area contributed by atoms with Crippen molar-refractivity contribution in [2.45, 2.75) is 26.3 Å². The quantitative estimate of drug-likeness (QED) is 0.793. The molecule has 0 radical (unpaired) electrons. The topological polar surface area (TPSA) is 21.1 Å². The second-order valence-corrected chi connectivity index (χ2v) is 5.12. The third-order valence-corrected chi connectivity index (χ3v) is 3.32. The predicted molar refractivity (Wildman–Crippen MR) is 80.2 cm³/mol. The summed E-state index contributed by atoms with van der Waals surface area (Å²) in [6, 6.07) is 10.6. The Morgan fingerprint density at radius 3 is 2.53 bits per heavy atom. The Morgan fingerprint density at radius 2 is 1.89 bits per heavy atom. The highest BCUT2D eigenvalue weighted by molar-refractivity contribution is 5.63. The van der Waals surface area contributed by atoms with Crippen molar-refractivity contribution in [3.05, 3.63) is 42.1 Å². The average Bonchev–Trinajstić information content (AvgIpc) is 2.82. The normalized spacial score (nSPS) is 11.2. The van der Waals surface area contributed by atoms with Crippen LogP contribution in [0.25, 0.3) is 11.3 Å². The summed E-state index contributed by atoms with van der Waals surface area (Å²) in [4.78, 5) is 2.21. The van der Waals surface area contributed by atoms with Crippen molar-refractivity contribution in [1.82, 2.24) is 14.7 Å². The largest absolute Gasteiger partial charge is 0.309 e. The minimum absolute atomic E-state index is 0.975. The summed E-state index contributed by atoms with van der Waals surface area (Å²) in [5.41, 5.74) is 3.87. The van der Waals surface area contributed by atoms with Crippen molar-refractivity contribution >= 4 is 0 Å². The zero-order valence-corrected chi connectivity index (χ0v) is 12.1. The summed E-state index contributed by atoms with van der Waals surface area (Å²) in [6.45, 7) is 4.26. The van der Waals surface area contributed by atoms with Gasteiger partial charge in [0.05, 0.1) is 11.9 Å².